The van der Waals surface area contributed by atoms with Crippen LogP contribution >= 0.6 is 11.3 Å². The van der Waals surface area contributed by atoms with Crippen molar-refractivity contribution in [3.8, 4) is 10.8 Å². The molecular formula is C19H17N5O2S. The average Bonchev–Trinajstić information content (AvgIpc) is 3.28. The first-order chi connectivity index (χ1) is 13.1. The molecular weight excluding hydrogens is 362 g/mol. The number of para-hydroxylation sites is 2. The molecule has 3 heterocycles. The maximum atomic E-state index is 12.8. The standard InChI is InChI=1S/C19H17N5O2S/c1-12-16(27-19(22-12)17-20-9-5-10-21-17)18(26)23-13-6-2-3-7-14(13)24-11-4-8-15(24)25/h2-3,5-7,9-10H,4,8,11H2,1H3,(H,23,26). The molecule has 2 aromatic heterocycles. The van der Waals surface area contributed by atoms with Gasteiger partial charge in [-0.1, -0.05) is 12.1 Å². The van der Waals surface area contributed by atoms with Crippen molar-refractivity contribution in [2.75, 3.05) is 16.8 Å². The normalized spacial score (nSPS) is 13.8. The van der Waals surface area contributed by atoms with Crippen molar-refractivity contribution in [3.05, 3.63) is 53.3 Å². The van der Waals surface area contributed by atoms with Gasteiger partial charge in [-0.05, 0) is 31.5 Å². The van der Waals surface area contributed by atoms with Gasteiger partial charge in [0.25, 0.3) is 5.91 Å². The van der Waals surface area contributed by atoms with Crippen LogP contribution in [0.3, 0.4) is 0 Å². The molecule has 0 aliphatic carbocycles. The number of anilines is 2. The molecule has 0 bridgehead atoms. The second kappa shape index (κ2) is 7.24. The Morgan fingerprint density at radius 2 is 1.96 bits per heavy atom. The van der Waals surface area contributed by atoms with Gasteiger partial charge in [-0.25, -0.2) is 15.0 Å². The number of carbonyl (C=O) groups is 2. The topological polar surface area (TPSA) is 88.1 Å². The van der Waals surface area contributed by atoms with E-state index in [4.69, 9.17) is 0 Å². The summed E-state index contributed by atoms with van der Waals surface area (Å²) in [7, 11) is 0. The molecule has 7 nitrogen and oxygen atoms in total. The molecule has 0 saturated carbocycles. The Hall–Kier alpha value is -3.13. The van der Waals surface area contributed by atoms with Gasteiger partial charge in [0, 0.05) is 25.4 Å². The molecule has 1 saturated heterocycles. The Bertz CT molecular complexity index is 1000. The monoisotopic (exact) mass is 379 g/mol. The van der Waals surface area contributed by atoms with Crippen LogP contribution in [0.5, 0.6) is 0 Å². The Kier molecular flexibility index (Phi) is 4.64. The lowest BCUT2D eigenvalue weighted by Gasteiger charge is -2.19. The van der Waals surface area contributed by atoms with Crippen LogP contribution in [-0.4, -0.2) is 33.3 Å². The van der Waals surface area contributed by atoms with Crippen LogP contribution in [0, 0.1) is 6.92 Å². The van der Waals surface area contributed by atoms with Gasteiger partial charge in [0.05, 0.1) is 17.1 Å². The van der Waals surface area contributed by atoms with Gasteiger partial charge in [-0.3, -0.25) is 9.59 Å². The van der Waals surface area contributed by atoms with Gasteiger partial charge < -0.3 is 10.2 Å². The summed E-state index contributed by atoms with van der Waals surface area (Å²) in [5.41, 5.74) is 1.96. The lowest BCUT2D eigenvalue weighted by atomic mass is 10.2. The van der Waals surface area contributed by atoms with E-state index < -0.39 is 0 Å². The highest BCUT2D eigenvalue weighted by atomic mass is 32.1. The van der Waals surface area contributed by atoms with E-state index in [0.29, 0.717) is 40.1 Å². The number of benzene rings is 1. The molecule has 1 aliphatic heterocycles. The van der Waals surface area contributed by atoms with Crippen LogP contribution in [0.1, 0.15) is 28.2 Å². The number of carbonyl (C=O) groups excluding carboxylic acids is 2. The lowest BCUT2D eigenvalue weighted by molar-refractivity contribution is -0.117. The fourth-order valence-corrected chi connectivity index (χ4v) is 3.92. The van der Waals surface area contributed by atoms with Gasteiger partial charge in [-0.2, -0.15) is 0 Å². The average molecular weight is 379 g/mol. The summed E-state index contributed by atoms with van der Waals surface area (Å²) in [6.07, 6.45) is 4.65. The highest BCUT2D eigenvalue weighted by Gasteiger charge is 2.25. The van der Waals surface area contributed by atoms with E-state index >= 15 is 0 Å². The van der Waals surface area contributed by atoms with Gasteiger partial charge in [0.2, 0.25) is 5.91 Å². The summed E-state index contributed by atoms with van der Waals surface area (Å²) in [4.78, 5) is 39.9. The largest absolute Gasteiger partial charge is 0.319 e. The van der Waals surface area contributed by atoms with Crippen LogP contribution in [0.15, 0.2) is 42.7 Å². The van der Waals surface area contributed by atoms with E-state index in [1.807, 2.05) is 18.2 Å². The molecule has 1 aromatic carbocycles. The highest BCUT2D eigenvalue weighted by molar-refractivity contribution is 7.17. The van der Waals surface area contributed by atoms with Gasteiger partial charge in [0.15, 0.2) is 10.8 Å². The Balaban J connectivity index is 1.61. The molecule has 0 radical (unpaired) electrons. The number of aryl methyl sites for hydroxylation is 1. The third-order valence-corrected chi connectivity index (χ3v) is 5.43. The van der Waals surface area contributed by atoms with Crippen molar-refractivity contribution in [2.45, 2.75) is 19.8 Å². The van der Waals surface area contributed by atoms with Crippen molar-refractivity contribution in [1.82, 2.24) is 15.0 Å². The first kappa shape index (κ1) is 17.3. The summed E-state index contributed by atoms with van der Waals surface area (Å²) >= 11 is 1.25. The molecule has 4 rings (SSSR count). The van der Waals surface area contributed by atoms with Crippen LogP contribution in [0.4, 0.5) is 11.4 Å². The minimum atomic E-state index is -0.258. The smallest absolute Gasteiger partial charge is 0.267 e. The van der Waals surface area contributed by atoms with E-state index in [-0.39, 0.29) is 11.8 Å². The van der Waals surface area contributed by atoms with Crippen LogP contribution in [0.25, 0.3) is 10.8 Å². The number of thiazole rings is 1. The van der Waals surface area contributed by atoms with Crippen LogP contribution in [0.2, 0.25) is 0 Å². The van der Waals surface area contributed by atoms with Crippen molar-refractivity contribution in [1.29, 1.82) is 0 Å². The van der Waals surface area contributed by atoms with Gasteiger partial charge in [0.1, 0.15) is 4.88 Å². The van der Waals surface area contributed by atoms with Gasteiger partial charge >= 0.3 is 0 Å². The summed E-state index contributed by atoms with van der Waals surface area (Å²) in [6, 6.07) is 9.08. The fraction of sp³-hybridized carbons (Fsp3) is 0.211. The van der Waals surface area contributed by atoms with E-state index in [1.165, 1.54) is 11.3 Å². The molecule has 1 fully saturated rings. The molecule has 27 heavy (non-hydrogen) atoms. The minimum absolute atomic E-state index is 0.0779. The predicted octanol–water partition coefficient (Wildman–Crippen LogP) is 3.29. The molecule has 1 aliphatic rings. The second-order valence-electron chi connectivity index (χ2n) is 6.13. The number of hydrogen-bond donors (Lipinski definition) is 1. The quantitative estimate of drug-likeness (QED) is 0.751. The van der Waals surface area contributed by atoms with Gasteiger partial charge in [-0.15, -0.1) is 11.3 Å². The molecule has 136 valence electrons. The number of nitrogens with one attached hydrogen (secondary N) is 1. The predicted molar refractivity (Wildman–Crippen MR) is 104 cm³/mol. The Labute approximate surface area is 160 Å². The number of hydrogen-bond acceptors (Lipinski definition) is 6. The first-order valence-corrected chi connectivity index (χ1v) is 9.40. The molecule has 0 spiro atoms. The molecule has 2 amide bonds. The van der Waals surface area contributed by atoms with Crippen molar-refractivity contribution in [2.24, 2.45) is 0 Å². The minimum Gasteiger partial charge on any atom is -0.319 e. The van der Waals surface area contributed by atoms with Crippen molar-refractivity contribution in [3.63, 3.8) is 0 Å². The Morgan fingerprint density at radius 3 is 2.70 bits per heavy atom. The maximum absolute atomic E-state index is 12.8. The molecule has 3 aromatic rings. The molecule has 0 atom stereocenters. The number of amides is 2. The maximum Gasteiger partial charge on any atom is 0.267 e. The summed E-state index contributed by atoms with van der Waals surface area (Å²) in [5, 5.41) is 3.53. The summed E-state index contributed by atoms with van der Waals surface area (Å²) in [5.74, 6) is 0.313. The summed E-state index contributed by atoms with van der Waals surface area (Å²) < 4.78 is 0. The fourth-order valence-electron chi connectivity index (χ4n) is 3.01. The zero-order valence-corrected chi connectivity index (χ0v) is 15.5. The number of rotatable bonds is 4. The highest BCUT2D eigenvalue weighted by Crippen LogP contribution is 2.31. The van der Waals surface area contributed by atoms with E-state index in [1.54, 1.807) is 36.4 Å². The third-order valence-electron chi connectivity index (χ3n) is 4.28. The van der Waals surface area contributed by atoms with Crippen LogP contribution in [-0.2, 0) is 4.79 Å². The second-order valence-corrected chi connectivity index (χ2v) is 7.13. The zero-order valence-electron chi connectivity index (χ0n) is 14.7. The van der Waals surface area contributed by atoms with E-state index in [9.17, 15) is 9.59 Å². The molecule has 0 unspecified atom stereocenters. The third kappa shape index (κ3) is 3.43. The van der Waals surface area contributed by atoms with E-state index in [0.717, 1.165) is 12.1 Å². The number of aromatic nitrogens is 3. The SMILES string of the molecule is Cc1nc(-c2ncccn2)sc1C(=O)Nc1ccccc1N1CCCC1=O. The first-order valence-electron chi connectivity index (χ1n) is 8.59. The summed E-state index contributed by atoms with van der Waals surface area (Å²) in [6.45, 7) is 2.45. The lowest BCUT2D eigenvalue weighted by Crippen LogP contribution is -2.25. The molecule has 1 N–H and O–H groups in total. The zero-order chi connectivity index (χ0) is 18.8. The van der Waals surface area contributed by atoms with Crippen molar-refractivity contribution >= 4 is 34.5 Å². The van der Waals surface area contributed by atoms with Crippen LogP contribution < -0.4 is 10.2 Å². The Morgan fingerprint density at radius 1 is 1.19 bits per heavy atom. The van der Waals surface area contributed by atoms with E-state index in [2.05, 4.69) is 20.3 Å². The molecule has 8 heteroatoms. The number of nitrogens with zero attached hydrogens (tertiary/aromatic N) is 4. The van der Waals surface area contributed by atoms with Crippen molar-refractivity contribution < 1.29 is 9.59 Å².